The SMILES string of the molecule is COc1ccc(C(=O)[C@@H](C)OC(=O)[C@H](Cc2ccccc2)NC(=O)c2ccco2)cc1. The van der Waals surface area contributed by atoms with Crippen molar-refractivity contribution in [1.29, 1.82) is 0 Å². The van der Waals surface area contributed by atoms with Crippen molar-refractivity contribution in [1.82, 2.24) is 5.32 Å². The van der Waals surface area contributed by atoms with Gasteiger partial charge in [-0.25, -0.2) is 4.79 Å². The molecule has 0 aliphatic carbocycles. The minimum absolute atomic E-state index is 0.0771. The van der Waals surface area contributed by atoms with Crippen LogP contribution in [0.2, 0.25) is 0 Å². The Morgan fingerprint density at radius 1 is 0.968 bits per heavy atom. The summed E-state index contributed by atoms with van der Waals surface area (Å²) in [6, 6.07) is 17.8. The summed E-state index contributed by atoms with van der Waals surface area (Å²) < 4.78 is 15.6. The molecule has 0 unspecified atom stereocenters. The summed E-state index contributed by atoms with van der Waals surface area (Å²) in [5.41, 5.74) is 1.22. The van der Waals surface area contributed by atoms with Crippen molar-refractivity contribution in [2.24, 2.45) is 0 Å². The van der Waals surface area contributed by atoms with E-state index in [4.69, 9.17) is 13.9 Å². The van der Waals surface area contributed by atoms with Crippen molar-refractivity contribution in [2.75, 3.05) is 7.11 Å². The van der Waals surface area contributed by atoms with Gasteiger partial charge in [-0.05, 0) is 48.9 Å². The van der Waals surface area contributed by atoms with Gasteiger partial charge in [0.2, 0.25) is 5.78 Å². The average Bonchev–Trinajstić information content (AvgIpc) is 3.34. The second-order valence-electron chi connectivity index (χ2n) is 6.86. The molecule has 0 bridgehead atoms. The van der Waals surface area contributed by atoms with E-state index in [2.05, 4.69) is 5.32 Å². The first-order valence-corrected chi connectivity index (χ1v) is 9.75. The highest BCUT2D eigenvalue weighted by molar-refractivity contribution is 6.01. The monoisotopic (exact) mass is 421 g/mol. The number of furan rings is 1. The van der Waals surface area contributed by atoms with Gasteiger partial charge in [-0.2, -0.15) is 0 Å². The number of ketones is 1. The highest BCUT2D eigenvalue weighted by Crippen LogP contribution is 2.15. The minimum Gasteiger partial charge on any atom is -0.497 e. The van der Waals surface area contributed by atoms with Gasteiger partial charge in [0.1, 0.15) is 11.8 Å². The molecule has 0 radical (unpaired) electrons. The summed E-state index contributed by atoms with van der Waals surface area (Å²) >= 11 is 0. The van der Waals surface area contributed by atoms with E-state index >= 15 is 0 Å². The summed E-state index contributed by atoms with van der Waals surface area (Å²) in [5.74, 6) is -0.917. The lowest BCUT2D eigenvalue weighted by molar-refractivity contribution is -0.148. The molecule has 0 aliphatic rings. The third-order valence-electron chi connectivity index (χ3n) is 4.65. The fourth-order valence-electron chi connectivity index (χ4n) is 2.98. The molecule has 0 saturated carbocycles. The van der Waals surface area contributed by atoms with Gasteiger partial charge >= 0.3 is 5.97 Å². The molecule has 1 heterocycles. The summed E-state index contributed by atoms with van der Waals surface area (Å²) in [5, 5.41) is 2.63. The topological polar surface area (TPSA) is 94.8 Å². The molecule has 2 atom stereocenters. The van der Waals surface area contributed by atoms with Gasteiger partial charge in [0.15, 0.2) is 11.9 Å². The fraction of sp³-hybridized carbons (Fsp3) is 0.208. The second kappa shape index (κ2) is 10.2. The molecule has 7 nitrogen and oxygen atoms in total. The van der Waals surface area contributed by atoms with Crippen LogP contribution in [0.4, 0.5) is 0 Å². The maximum absolute atomic E-state index is 12.9. The molecular weight excluding hydrogens is 398 g/mol. The molecule has 3 rings (SSSR count). The van der Waals surface area contributed by atoms with Crippen LogP contribution in [0.3, 0.4) is 0 Å². The van der Waals surface area contributed by atoms with Gasteiger partial charge in [-0.1, -0.05) is 30.3 Å². The van der Waals surface area contributed by atoms with Crippen LogP contribution in [-0.2, 0) is 16.0 Å². The number of hydrogen-bond acceptors (Lipinski definition) is 6. The number of hydrogen-bond donors (Lipinski definition) is 1. The quantitative estimate of drug-likeness (QED) is 0.420. The number of carbonyl (C=O) groups is 3. The molecule has 2 aromatic carbocycles. The standard InChI is InChI=1S/C24H23NO6/c1-16(22(26)18-10-12-19(29-2)13-11-18)31-24(28)20(15-17-7-4-3-5-8-17)25-23(27)21-9-6-14-30-21/h3-14,16,20H,15H2,1-2H3,(H,25,27)/t16-,20+/m1/s1. The highest BCUT2D eigenvalue weighted by atomic mass is 16.5. The molecule has 1 aromatic heterocycles. The first-order valence-electron chi connectivity index (χ1n) is 9.75. The first kappa shape index (κ1) is 21.8. The van der Waals surface area contributed by atoms with Crippen LogP contribution >= 0.6 is 0 Å². The zero-order valence-corrected chi connectivity index (χ0v) is 17.2. The predicted octanol–water partition coefficient (Wildman–Crippen LogP) is 3.44. The van der Waals surface area contributed by atoms with E-state index in [9.17, 15) is 14.4 Å². The van der Waals surface area contributed by atoms with Crippen molar-refractivity contribution in [3.63, 3.8) is 0 Å². The minimum atomic E-state index is -1.03. The van der Waals surface area contributed by atoms with E-state index in [0.717, 1.165) is 5.56 Å². The van der Waals surface area contributed by atoms with E-state index in [1.807, 2.05) is 30.3 Å². The highest BCUT2D eigenvalue weighted by Gasteiger charge is 2.28. The summed E-state index contributed by atoms with van der Waals surface area (Å²) in [7, 11) is 1.53. The van der Waals surface area contributed by atoms with Crippen molar-refractivity contribution >= 4 is 17.7 Å². The Labute approximate surface area is 180 Å². The number of carbonyl (C=O) groups excluding carboxylic acids is 3. The van der Waals surface area contributed by atoms with Crippen molar-refractivity contribution in [3.8, 4) is 5.75 Å². The Kier molecular flexibility index (Phi) is 7.22. The molecule has 0 saturated heterocycles. The van der Waals surface area contributed by atoms with Crippen LogP contribution in [0.1, 0.15) is 33.4 Å². The number of ether oxygens (including phenoxy) is 2. The average molecular weight is 421 g/mol. The van der Waals surface area contributed by atoms with Gasteiger partial charge in [0.05, 0.1) is 13.4 Å². The number of rotatable bonds is 9. The molecule has 1 N–H and O–H groups in total. The predicted molar refractivity (Wildman–Crippen MR) is 113 cm³/mol. The van der Waals surface area contributed by atoms with Gasteiger partial charge in [0, 0.05) is 12.0 Å². The Balaban J connectivity index is 1.71. The summed E-state index contributed by atoms with van der Waals surface area (Å²) in [6.45, 7) is 1.50. The van der Waals surface area contributed by atoms with Crippen LogP contribution in [0, 0.1) is 0 Å². The number of nitrogens with one attached hydrogen (secondary N) is 1. The third-order valence-corrected chi connectivity index (χ3v) is 4.65. The van der Waals surface area contributed by atoms with Crippen molar-refractivity contribution in [3.05, 3.63) is 89.9 Å². The number of benzene rings is 2. The maximum Gasteiger partial charge on any atom is 0.329 e. The molecule has 0 aliphatic heterocycles. The normalized spacial score (nSPS) is 12.5. The van der Waals surface area contributed by atoms with Gasteiger partial charge in [0.25, 0.3) is 5.91 Å². The first-order chi connectivity index (χ1) is 15.0. The lowest BCUT2D eigenvalue weighted by atomic mass is 10.0. The molecular formula is C24H23NO6. The molecule has 31 heavy (non-hydrogen) atoms. The molecule has 0 spiro atoms. The van der Waals surface area contributed by atoms with Gasteiger partial charge in [-0.15, -0.1) is 0 Å². The van der Waals surface area contributed by atoms with Crippen LogP contribution in [-0.4, -0.2) is 36.9 Å². The van der Waals surface area contributed by atoms with E-state index in [-0.39, 0.29) is 18.0 Å². The Bertz CT molecular complexity index is 1010. The van der Waals surface area contributed by atoms with E-state index in [1.54, 1.807) is 30.3 Å². The van der Waals surface area contributed by atoms with Crippen LogP contribution in [0.15, 0.2) is 77.4 Å². The lowest BCUT2D eigenvalue weighted by Gasteiger charge is -2.20. The largest absolute Gasteiger partial charge is 0.497 e. The van der Waals surface area contributed by atoms with E-state index in [0.29, 0.717) is 11.3 Å². The zero-order chi connectivity index (χ0) is 22.2. The number of Topliss-reactive ketones (excluding diaryl/α,β-unsaturated/α-hetero) is 1. The number of methoxy groups -OCH3 is 1. The molecule has 7 heteroatoms. The van der Waals surface area contributed by atoms with E-state index in [1.165, 1.54) is 26.4 Å². The molecule has 3 aromatic rings. The molecule has 1 amide bonds. The van der Waals surface area contributed by atoms with Crippen molar-refractivity contribution in [2.45, 2.75) is 25.5 Å². The molecule has 160 valence electrons. The van der Waals surface area contributed by atoms with Crippen LogP contribution in [0.25, 0.3) is 0 Å². The number of amides is 1. The molecule has 0 fully saturated rings. The third kappa shape index (κ3) is 5.82. The fourth-order valence-corrected chi connectivity index (χ4v) is 2.98. The Morgan fingerprint density at radius 2 is 1.68 bits per heavy atom. The number of esters is 1. The Hall–Kier alpha value is -3.87. The maximum atomic E-state index is 12.9. The Morgan fingerprint density at radius 3 is 2.29 bits per heavy atom. The summed E-state index contributed by atoms with van der Waals surface area (Å²) in [4.78, 5) is 37.9. The van der Waals surface area contributed by atoms with Crippen molar-refractivity contribution < 1.29 is 28.3 Å². The second-order valence-corrected chi connectivity index (χ2v) is 6.86. The van der Waals surface area contributed by atoms with Crippen LogP contribution in [0.5, 0.6) is 5.75 Å². The van der Waals surface area contributed by atoms with Crippen LogP contribution < -0.4 is 10.1 Å². The smallest absolute Gasteiger partial charge is 0.329 e. The van der Waals surface area contributed by atoms with Gasteiger partial charge < -0.3 is 19.2 Å². The van der Waals surface area contributed by atoms with Gasteiger partial charge in [-0.3, -0.25) is 9.59 Å². The summed E-state index contributed by atoms with van der Waals surface area (Å²) in [6.07, 6.45) is 0.546. The zero-order valence-electron chi connectivity index (χ0n) is 17.2. The van der Waals surface area contributed by atoms with E-state index < -0.39 is 24.0 Å². The lowest BCUT2D eigenvalue weighted by Crippen LogP contribution is -2.45.